The number of carboxylic acids is 1. The summed E-state index contributed by atoms with van der Waals surface area (Å²) in [5, 5.41) is 17.5. The third-order valence-corrected chi connectivity index (χ3v) is 8.38. The fourth-order valence-corrected chi connectivity index (χ4v) is 5.64. The first-order chi connectivity index (χ1) is 21.8. The molecule has 0 saturated carbocycles. The Morgan fingerprint density at radius 3 is 2.26 bits per heavy atom. The third-order valence-electron chi connectivity index (χ3n) is 8.38. The molecule has 0 bridgehead atoms. The van der Waals surface area contributed by atoms with Crippen molar-refractivity contribution in [1.82, 2.24) is 20.4 Å². The molecule has 2 aromatic rings. The van der Waals surface area contributed by atoms with Crippen LogP contribution < -0.4 is 10.6 Å². The molecule has 0 aromatic heterocycles. The molecule has 5 unspecified atom stereocenters. The highest BCUT2D eigenvalue weighted by Gasteiger charge is 2.45. The average Bonchev–Trinajstić information content (AvgIpc) is 3.41. The molecule has 3 rings (SSSR count). The number of nitrogens with zero attached hydrogens (tertiary/aromatic N) is 2. The van der Waals surface area contributed by atoms with E-state index < -0.39 is 65.0 Å². The van der Waals surface area contributed by atoms with Gasteiger partial charge in [-0.3, -0.25) is 19.3 Å². The molecule has 47 heavy (non-hydrogen) atoms. The smallest absolute Gasteiger partial charge is 0.410 e. The van der Waals surface area contributed by atoms with Gasteiger partial charge in [0.05, 0.1) is 0 Å². The predicted molar refractivity (Wildman–Crippen MR) is 180 cm³/mol. The maximum atomic E-state index is 14.2. The van der Waals surface area contributed by atoms with Gasteiger partial charge >= 0.3 is 12.1 Å². The van der Waals surface area contributed by atoms with Crippen LogP contribution in [0.5, 0.6) is 0 Å². The number of allylic oxidation sites excluding steroid dienone is 1. The van der Waals surface area contributed by atoms with Crippen molar-refractivity contribution in [3.05, 3.63) is 60.7 Å². The molecule has 11 heteroatoms. The Morgan fingerprint density at radius 2 is 1.68 bits per heavy atom. The predicted octanol–water partition coefficient (Wildman–Crippen LogP) is 4.53. The minimum Gasteiger partial charge on any atom is -0.480 e. The van der Waals surface area contributed by atoms with Crippen molar-refractivity contribution in [3.63, 3.8) is 0 Å². The second-order valence-corrected chi connectivity index (χ2v) is 14.5. The Balaban J connectivity index is 1.82. The van der Waals surface area contributed by atoms with E-state index >= 15 is 0 Å². The second-order valence-electron chi connectivity index (χ2n) is 14.5. The van der Waals surface area contributed by atoms with Gasteiger partial charge in [0, 0.05) is 20.0 Å². The molecule has 0 spiro atoms. The van der Waals surface area contributed by atoms with E-state index in [2.05, 4.69) is 17.2 Å². The number of likely N-dealkylation sites (tertiary alicyclic amines) is 1. The lowest BCUT2D eigenvalue weighted by molar-refractivity contribution is -0.146. The quantitative estimate of drug-likeness (QED) is 0.303. The molecule has 11 nitrogen and oxygen atoms in total. The average molecular weight is 651 g/mol. The molecule has 1 aliphatic rings. The molecule has 2 aromatic carbocycles. The molecule has 1 heterocycles. The van der Waals surface area contributed by atoms with Gasteiger partial charge in [0.25, 0.3) is 0 Å². The maximum Gasteiger partial charge on any atom is 0.410 e. The molecule has 0 aliphatic carbocycles. The highest BCUT2D eigenvalue weighted by Crippen LogP contribution is 2.31. The lowest BCUT2D eigenvalue weighted by Crippen LogP contribution is -2.60. The number of hydrogen-bond donors (Lipinski definition) is 3. The second kappa shape index (κ2) is 15.0. The Kier molecular flexibility index (Phi) is 11.8. The van der Waals surface area contributed by atoms with Crippen LogP contribution in [0.15, 0.2) is 55.1 Å². The molecule has 0 radical (unpaired) electrons. The number of carbonyl (C=O) groups is 5. The monoisotopic (exact) mass is 650 g/mol. The largest absolute Gasteiger partial charge is 0.480 e. The zero-order chi connectivity index (χ0) is 35.3. The topological polar surface area (TPSA) is 145 Å². The van der Waals surface area contributed by atoms with Crippen LogP contribution in [0.4, 0.5) is 4.79 Å². The summed E-state index contributed by atoms with van der Waals surface area (Å²) < 4.78 is 5.39. The van der Waals surface area contributed by atoms with Crippen molar-refractivity contribution >= 4 is 40.6 Å². The van der Waals surface area contributed by atoms with E-state index in [0.29, 0.717) is 12.8 Å². The Morgan fingerprint density at radius 1 is 1.04 bits per heavy atom. The highest BCUT2D eigenvalue weighted by atomic mass is 16.6. The summed E-state index contributed by atoms with van der Waals surface area (Å²) in [5.41, 5.74) is -0.775. The molecular formula is C36H50N4O7. The summed E-state index contributed by atoms with van der Waals surface area (Å²) in [7, 11) is 1.45. The summed E-state index contributed by atoms with van der Waals surface area (Å²) in [5.74, 6) is -2.87. The molecular weight excluding hydrogens is 600 g/mol. The normalized spacial score (nSPS) is 18.5. The van der Waals surface area contributed by atoms with E-state index in [4.69, 9.17) is 4.74 Å². The molecule has 1 aliphatic heterocycles. The van der Waals surface area contributed by atoms with Crippen molar-refractivity contribution in [2.24, 2.45) is 11.3 Å². The van der Waals surface area contributed by atoms with Crippen molar-refractivity contribution in [2.45, 2.75) is 97.5 Å². The van der Waals surface area contributed by atoms with Crippen molar-refractivity contribution in [1.29, 1.82) is 0 Å². The molecule has 4 amide bonds. The number of nitrogens with one attached hydrogen (secondary N) is 2. The molecule has 5 atom stereocenters. The van der Waals surface area contributed by atoms with Crippen molar-refractivity contribution in [3.8, 4) is 0 Å². The number of aliphatic carboxylic acids is 1. The molecule has 256 valence electrons. The number of likely N-dealkylation sites (N-methyl/N-ethyl adjacent to an activating group) is 1. The van der Waals surface area contributed by atoms with Gasteiger partial charge in [-0.2, -0.15) is 0 Å². The molecule has 3 N–H and O–H groups in total. The summed E-state index contributed by atoms with van der Waals surface area (Å²) in [4.78, 5) is 68.9. The summed E-state index contributed by atoms with van der Waals surface area (Å²) in [6.45, 7) is 16.2. The van der Waals surface area contributed by atoms with E-state index in [-0.39, 0.29) is 18.9 Å². The number of fused-ring (bicyclic) bond motifs is 1. The van der Waals surface area contributed by atoms with Gasteiger partial charge in [0.15, 0.2) is 0 Å². The van der Waals surface area contributed by atoms with E-state index in [9.17, 15) is 29.1 Å². The lowest BCUT2D eigenvalue weighted by atomic mass is 9.85. The Labute approximate surface area is 277 Å². The minimum absolute atomic E-state index is 0.0619. The first-order valence-electron chi connectivity index (χ1n) is 16.0. The van der Waals surface area contributed by atoms with Crippen LogP contribution in [-0.2, 0) is 30.3 Å². The van der Waals surface area contributed by atoms with Crippen LogP contribution in [-0.4, -0.2) is 88.1 Å². The standard InChI is InChI=1S/C36H50N4O7/c1-10-13-24-20-28(31(42)37-27(33(44)45)19-23-16-17-25-14-11-12-15-26(25)18-23)40(21-24)32(43)29(35(3,4)5)38-30(41)22(2)39(9)34(46)47-36(6,7)8/h10-12,14-18,22,24,27-29H,1,13,19-21H2,2-9H3,(H,37,42)(H,38,41)(H,44,45). The number of rotatable bonds is 11. The first kappa shape index (κ1) is 37.1. The van der Waals surface area contributed by atoms with E-state index in [1.807, 2.05) is 42.5 Å². The SMILES string of the molecule is C=CCC1CC(C(=O)NC(Cc2ccc3ccccc3c2)C(=O)O)N(C(=O)C(NC(=O)C(C)N(C)C(=O)OC(C)(C)C)C(C)(C)C)C1. The van der Waals surface area contributed by atoms with Gasteiger partial charge in [-0.05, 0) is 68.2 Å². The first-order valence-corrected chi connectivity index (χ1v) is 16.0. The van der Waals surface area contributed by atoms with Crippen LogP contribution in [0.25, 0.3) is 10.8 Å². The van der Waals surface area contributed by atoms with Gasteiger partial charge < -0.3 is 25.4 Å². The Hall–Kier alpha value is -4.41. The fourth-order valence-electron chi connectivity index (χ4n) is 5.64. The number of amides is 4. The summed E-state index contributed by atoms with van der Waals surface area (Å²) in [6, 6.07) is 9.22. The Bertz CT molecular complexity index is 1490. The van der Waals surface area contributed by atoms with Gasteiger partial charge in [-0.15, -0.1) is 6.58 Å². The number of ether oxygens (including phenoxy) is 1. The highest BCUT2D eigenvalue weighted by molar-refractivity contribution is 5.95. The maximum absolute atomic E-state index is 14.2. The fraction of sp³-hybridized carbons (Fsp3) is 0.528. The van der Waals surface area contributed by atoms with Gasteiger partial charge in [0.1, 0.15) is 29.8 Å². The summed E-state index contributed by atoms with van der Waals surface area (Å²) >= 11 is 0. The van der Waals surface area contributed by atoms with Crippen LogP contribution >= 0.6 is 0 Å². The van der Waals surface area contributed by atoms with E-state index in [0.717, 1.165) is 16.3 Å². The number of hydrogen-bond acceptors (Lipinski definition) is 6. The molecule has 1 fully saturated rings. The number of benzene rings is 2. The van der Waals surface area contributed by atoms with E-state index in [1.165, 1.54) is 23.8 Å². The van der Waals surface area contributed by atoms with Crippen LogP contribution in [0.1, 0.15) is 66.9 Å². The van der Waals surface area contributed by atoms with Crippen LogP contribution in [0, 0.1) is 11.3 Å². The number of carboxylic acid groups (broad SMARTS) is 1. The zero-order valence-electron chi connectivity index (χ0n) is 28.8. The van der Waals surface area contributed by atoms with Gasteiger partial charge in [0.2, 0.25) is 17.7 Å². The zero-order valence-corrected chi connectivity index (χ0v) is 28.8. The minimum atomic E-state index is -1.22. The van der Waals surface area contributed by atoms with Crippen LogP contribution in [0.2, 0.25) is 0 Å². The summed E-state index contributed by atoms with van der Waals surface area (Å²) in [6.07, 6.45) is 1.97. The van der Waals surface area contributed by atoms with Crippen LogP contribution in [0.3, 0.4) is 0 Å². The molecule has 1 saturated heterocycles. The van der Waals surface area contributed by atoms with E-state index in [1.54, 1.807) is 47.6 Å². The van der Waals surface area contributed by atoms with Gasteiger partial charge in [-0.1, -0.05) is 69.3 Å². The van der Waals surface area contributed by atoms with Crippen molar-refractivity contribution in [2.75, 3.05) is 13.6 Å². The lowest BCUT2D eigenvalue weighted by Gasteiger charge is -2.37. The number of carbonyl (C=O) groups excluding carboxylic acids is 4. The van der Waals surface area contributed by atoms with Crippen molar-refractivity contribution < 1.29 is 33.8 Å². The van der Waals surface area contributed by atoms with Gasteiger partial charge in [-0.25, -0.2) is 9.59 Å². The third kappa shape index (κ3) is 9.79.